The summed E-state index contributed by atoms with van der Waals surface area (Å²) in [5.74, 6) is 6.26. The lowest BCUT2D eigenvalue weighted by Gasteiger charge is -2.30. The quantitative estimate of drug-likeness (QED) is 0.672. The van der Waals surface area contributed by atoms with Gasteiger partial charge in [0.05, 0.1) is 6.04 Å². The summed E-state index contributed by atoms with van der Waals surface area (Å²) in [7, 11) is 0. The van der Waals surface area contributed by atoms with Gasteiger partial charge in [-0.15, -0.1) is 11.3 Å². The lowest BCUT2D eigenvalue weighted by Crippen LogP contribution is -2.34. The van der Waals surface area contributed by atoms with Gasteiger partial charge in [0.15, 0.2) is 0 Å². The van der Waals surface area contributed by atoms with E-state index in [-0.39, 0.29) is 6.04 Å². The molecule has 0 bridgehead atoms. The van der Waals surface area contributed by atoms with Gasteiger partial charge in [0, 0.05) is 27.6 Å². The SMILES string of the molecule is Cc1cc(C(NN)C2CCCc3cccnc32)sc1C. The number of thiophene rings is 1. The lowest BCUT2D eigenvalue weighted by molar-refractivity contribution is 0.404. The number of nitrogens with one attached hydrogen (secondary N) is 1. The number of nitrogens with zero attached hydrogens (tertiary/aromatic N) is 1. The molecule has 0 aliphatic heterocycles. The van der Waals surface area contributed by atoms with Crippen LogP contribution in [-0.4, -0.2) is 4.98 Å². The molecule has 2 aromatic heterocycles. The Hall–Kier alpha value is -1.23. The monoisotopic (exact) mass is 287 g/mol. The third-order valence-electron chi connectivity index (χ3n) is 4.31. The minimum absolute atomic E-state index is 0.168. The number of aromatic nitrogens is 1. The highest BCUT2D eigenvalue weighted by Crippen LogP contribution is 2.41. The first-order valence-corrected chi connectivity index (χ1v) is 7.99. The Morgan fingerprint density at radius 2 is 2.30 bits per heavy atom. The second-order valence-electron chi connectivity index (χ2n) is 5.58. The molecule has 3 nitrogen and oxygen atoms in total. The Morgan fingerprint density at radius 3 is 3.00 bits per heavy atom. The molecule has 1 aliphatic carbocycles. The van der Waals surface area contributed by atoms with Crippen molar-refractivity contribution in [2.45, 2.75) is 45.1 Å². The Labute approximate surface area is 124 Å². The highest BCUT2D eigenvalue weighted by atomic mass is 32.1. The topological polar surface area (TPSA) is 50.9 Å². The summed E-state index contributed by atoms with van der Waals surface area (Å²) in [5.41, 5.74) is 7.00. The van der Waals surface area contributed by atoms with E-state index in [2.05, 4.69) is 36.4 Å². The Balaban J connectivity index is 1.98. The molecule has 106 valence electrons. The molecule has 0 saturated carbocycles. The van der Waals surface area contributed by atoms with Gasteiger partial charge in [-0.3, -0.25) is 16.3 Å². The van der Waals surface area contributed by atoms with E-state index in [9.17, 15) is 0 Å². The van der Waals surface area contributed by atoms with Gasteiger partial charge in [0.2, 0.25) is 0 Å². The number of rotatable bonds is 3. The fourth-order valence-electron chi connectivity index (χ4n) is 3.12. The van der Waals surface area contributed by atoms with Gasteiger partial charge in [-0.25, -0.2) is 0 Å². The van der Waals surface area contributed by atoms with Crippen molar-refractivity contribution in [1.82, 2.24) is 10.4 Å². The summed E-state index contributed by atoms with van der Waals surface area (Å²) >= 11 is 1.85. The third kappa shape index (κ3) is 2.39. The summed E-state index contributed by atoms with van der Waals surface area (Å²) in [6.07, 6.45) is 5.40. The first kappa shape index (κ1) is 13.7. The molecular weight excluding hydrogens is 266 g/mol. The average molecular weight is 287 g/mol. The zero-order valence-electron chi connectivity index (χ0n) is 12.0. The van der Waals surface area contributed by atoms with Crippen LogP contribution < -0.4 is 11.3 Å². The number of hydrogen-bond acceptors (Lipinski definition) is 4. The van der Waals surface area contributed by atoms with Gasteiger partial charge in [-0.05, 0) is 56.4 Å². The molecule has 1 aliphatic rings. The predicted molar refractivity (Wildman–Crippen MR) is 83.8 cm³/mol. The Kier molecular flexibility index (Phi) is 3.87. The summed E-state index contributed by atoms with van der Waals surface area (Å²) < 4.78 is 0. The van der Waals surface area contributed by atoms with E-state index in [0.29, 0.717) is 5.92 Å². The van der Waals surface area contributed by atoms with Gasteiger partial charge in [-0.1, -0.05) is 6.07 Å². The fourth-order valence-corrected chi connectivity index (χ4v) is 4.29. The molecular formula is C16H21N3S. The van der Waals surface area contributed by atoms with Crippen molar-refractivity contribution in [3.05, 3.63) is 51.0 Å². The second kappa shape index (κ2) is 5.64. The van der Waals surface area contributed by atoms with Crippen LogP contribution in [0.5, 0.6) is 0 Å². The number of hydrogen-bond donors (Lipinski definition) is 2. The van der Waals surface area contributed by atoms with Crippen LogP contribution in [0.2, 0.25) is 0 Å². The van der Waals surface area contributed by atoms with Gasteiger partial charge in [-0.2, -0.15) is 0 Å². The van der Waals surface area contributed by atoms with Crippen molar-refractivity contribution in [2.75, 3.05) is 0 Å². The highest BCUT2D eigenvalue weighted by Gasteiger charge is 2.30. The maximum Gasteiger partial charge on any atom is 0.0637 e. The number of hydrazine groups is 1. The molecule has 2 aromatic rings. The molecule has 2 unspecified atom stereocenters. The molecule has 3 rings (SSSR count). The molecule has 0 fully saturated rings. The van der Waals surface area contributed by atoms with Crippen LogP contribution >= 0.6 is 11.3 Å². The fraction of sp³-hybridized carbons (Fsp3) is 0.438. The van der Waals surface area contributed by atoms with Gasteiger partial charge in [0.1, 0.15) is 0 Å². The molecule has 0 aromatic carbocycles. The standard InChI is InChI=1S/C16H21N3S/c1-10-9-14(20-11(10)2)16(19-17)13-7-3-5-12-6-4-8-18-15(12)13/h4,6,8-9,13,16,19H,3,5,7,17H2,1-2H3. The van der Waals surface area contributed by atoms with Crippen LogP contribution in [-0.2, 0) is 6.42 Å². The smallest absolute Gasteiger partial charge is 0.0637 e. The van der Waals surface area contributed by atoms with Crippen LogP contribution in [0.1, 0.15) is 51.4 Å². The first-order chi connectivity index (χ1) is 9.70. The summed E-state index contributed by atoms with van der Waals surface area (Å²) in [4.78, 5) is 7.33. The van der Waals surface area contributed by atoms with Crippen LogP contribution in [0.15, 0.2) is 24.4 Å². The number of nitrogens with two attached hydrogens (primary N) is 1. The summed E-state index contributed by atoms with van der Waals surface area (Å²) in [5, 5.41) is 0. The summed E-state index contributed by atoms with van der Waals surface area (Å²) in [6.45, 7) is 4.33. The Morgan fingerprint density at radius 1 is 1.45 bits per heavy atom. The number of fused-ring (bicyclic) bond motifs is 1. The zero-order valence-corrected chi connectivity index (χ0v) is 12.8. The molecule has 20 heavy (non-hydrogen) atoms. The van der Waals surface area contributed by atoms with Crippen molar-refractivity contribution >= 4 is 11.3 Å². The zero-order chi connectivity index (χ0) is 14.1. The first-order valence-electron chi connectivity index (χ1n) is 7.17. The molecule has 2 atom stereocenters. The molecule has 4 heteroatoms. The number of pyridine rings is 1. The minimum Gasteiger partial charge on any atom is -0.271 e. The third-order valence-corrected chi connectivity index (χ3v) is 5.55. The highest BCUT2D eigenvalue weighted by molar-refractivity contribution is 7.12. The van der Waals surface area contributed by atoms with Crippen molar-refractivity contribution in [3.63, 3.8) is 0 Å². The minimum atomic E-state index is 0.168. The van der Waals surface area contributed by atoms with Gasteiger partial charge in [0.25, 0.3) is 0 Å². The molecule has 0 amide bonds. The van der Waals surface area contributed by atoms with E-state index >= 15 is 0 Å². The Bertz CT molecular complexity index is 586. The van der Waals surface area contributed by atoms with Crippen LogP contribution in [0.3, 0.4) is 0 Å². The maximum absolute atomic E-state index is 5.88. The molecule has 0 radical (unpaired) electrons. The molecule has 0 saturated heterocycles. The largest absolute Gasteiger partial charge is 0.271 e. The molecule has 2 heterocycles. The molecule has 0 spiro atoms. The van der Waals surface area contributed by atoms with Gasteiger partial charge >= 0.3 is 0 Å². The number of aryl methyl sites for hydroxylation is 3. The normalized spacial score (nSPS) is 19.6. The maximum atomic E-state index is 5.88. The van der Waals surface area contributed by atoms with E-state index in [0.717, 1.165) is 12.8 Å². The predicted octanol–water partition coefficient (Wildman–Crippen LogP) is 3.38. The van der Waals surface area contributed by atoms with E-state index in [1.165, 1.54) is 33.0 Å². The van der Waals surface area contributed by atoms with E-state index in [1.807, 2.05) is 23.6 Å². The van der Waals surface area contributed by atoms with Crippen LogP contribution in [0.25, 0.3) is 0 Å². The second-order valence-corrected chi connectivity index (χ2v) is 6.87. The molecule has 3 N–H and O–H groups in total. The van der Waals surface area contributed by atoms with Crippen molar-refractivity contribution in [1.29, 1.82) is 0 Å². The van der Waals surface area contributed by atoms with Gasteiger partial charge < -0.3 is 0 Å². The van der Waals surface area contributed by atoms with E-state index in [1.54, 1.807) is 0 Å². The average Bonchev–Trinajstić information content (AvgIpc) is 2.79. The summed E-state index contributed by atoms with van der Waals surface area (Å²) in [6, 6.07) is 6.67. The van der Waals surface area contributed by atoms with Crippen LogP contribution in [0.4, 0.5) is 0 Å². The van der Waals surface area contributed by atoms with Crippen molar-refractivity contribution in [2.24, 2.45) is 5.84 Å². The van der Waals surface area contributed by atoms with Crippen LogP contribution in [0, 0.1) is 13.8 Å². The van der Waals surface area contributed by atoms with E-state index in [4.69, 9.17) is 5.84 Å². The van der Waals surface area contributed by atoms with E-state index < -0.39 is 0 Å². The van der Waals surface area contributed by atoms with Crippen molar-refractivity contribution in [3.8, 4) is 0 Å². The van der Waals surface area contributed by atoms with Crippen molar-refractivity contribution < 1.29 is 0 Å². The lowest BCUT2D eigenvalue weighted by atomic mass is 9.81.